The molecule has 4 nitrogen and oxygen atoms in total. The lowest BCUT2D eigenvalue weighted by atomic mass is 10.1. The normalized spacial score (nSPS) is 13.8. The number of carbonyl (C=O) groups is 1. The van der Waals surface area contributed by atoms with Gasteiger partial charge >= 0.3 is 0 Å². The van der Waals surface area contributed by atoms with Crippen molar-refractivity contribution >= 4 is 17.2 Å². The first-order valence-corrected chi connectivity index (χ1v) is 7.04. The van der Waals surface area contributed by atoms with Crippen molar-refractivity contribution in [2.75, 3.05) is 6.54 Å². The molecule has 100 valence electrons. The number of benzene rings is 1. The summed E-state index contributed by atoms with van der Waals surface area (Å²) in [6.45, 7) is 2.58. The topological polar surface area (TPSA) is 68.0 Å². The first-order chi connectivity index (χ1) is 9.18. The second kappa shape index (κ2) is 6.45. The van der Waals surface area contributed by atoms with Crippen molar-refractivity contribution in [2.24, 2.45) is 5.73 Å². The maximum atomic E-state index is 12.0. The summed E-state index contributed by atoms with van der Waals surface area (Å²) in [6.07, 6.45) is 1.77. The molecule has 0 bridgehead atoms. The number of hydrogen-bond donors (Lipinski definition) is 2. The van der Waals surface area contributed by atoms with Gasteiger partial charge in [0.05, 0.1) is 5.01 Å². The summed E-state index contributed by atoms with van der Waals surface area (Å²) in [7, 11) is 0. The summed E-state index contributed by atoms with van der Waals surface area (Å²) in [5.41, 5.74) is 6.74. The monoisotopic (exact) mass is 275 g/mol. The molecule has 2 rings (SSSR count). The van der Waals surface area contributed by atoms with Gasteiger partial charge in [-0.1, -0.05) is 37.3 Å². The summed E-state index contributed by atoms with van der Waals surface area (Å²) in [6, 6.07) is 8.74. The fourth-order valence-electron chi connectivity index (χ4n) is 1.74. The Morgan fingerprint density at radius 3 is 2.79 bits per heavy atom. The van der Waals surface area contributed by atoms with Crippen LogP contribution in [0.4, 0.5) is 0 Å². The van der Waals surface area contributed by atoms with Crippen LogP contribution in [0.3, 0.4) is 0 Å². The van der Waals surface area contributed by atoms with Crippen LogP contribution < -0.4 is 11.1 Å². The third-order valence-electron chi connectivity index (χ3n) is 2.90. The van der Waals surface area contributed by atoms with Crippen molar-refractivity contribution in [1.29, 1.82) is 0 Å². The summed E-state index contributed by atoms with van der Waals surface area (Å²) in [5.74, 6) is 0.0431. The molecule has 0 saturated carbocycles. The van der Waals surface area contributed by atoms with Crippen molar-refractivity contribution in [3.8, 4) is 0 Å². The van der Waals surface area contributed by atoms with Crippen molar-refractivity contribution < 1.29 is 4.79 Å². The molecular weight excluding hydrogens is 258 g/mol. The zero-order valence-electron chi connectivity index (χ0n) is 10.7. The molecule has 1 aromatic heterocycles. The van der Waals surface area contributed by atoms with Crippen LogP contribution in [0, 0.1) is 0 Å². The van der Waals surface area contributed by atoms with Gasteiger partial charge in [0, 0.05) is 24.0 Å². The molecule has 5 heteroatoms. The lowest BCUT2D eigenvalue weighted by molar-refractivity contribution is -0.122. The van der Waals surface area contributed by atoms with E-state index in [1.165, 1.54) is 0 Å². The molecule has 2 unspecified atom stereocenters. The molecule has 1 heterocycles. The smallest absolute Gasteiger partial charge is 0.241 e. The standard InChI is InChI=1S/C14H17N3OS/c1-10(14-16-7-8-19-14)9-17-13(18)12(15)11-5-3-2-4-6-11/h2-8,10,12H,9,15H2,1H3,(H,17,18). The molecular formula is C14H17N3OS. The van der Waals surface area contributed by atoms with Gasteiger partial charge in [-0.05, 0) is 5.56 Å². The molecule has 1 amide bonds. The third kappa shape index (κ3) is 3.62. The molecule has 3 N–H and O–H groups in total. The van der Waals surface area contributed by atoms with Crippen LogP contribution in [0.2, 0.25) is 0 Å². The predicted octanol–water partition coefficient (Wildman–Crippen LogP) is 2.06. The van der Waals surface area contributed by atoms with E-state index in [0.717, 1.165) is 10.6 Å². The number of rotatable bonds is 5. The Hall–Kier alpha value is -1.72. The van der Waals surface area contributed by atoms with E-state index in [1.807, 2.05) is 42.6 Å². The highest BCUT2D eigenvalue weighted by molar-refractivity contribution is 7.09. The van der Waals surface area contributed by atoms with E-state index in [4.69, 9.17) is 5.73 Å². The Morgan fingerprint density at radius 1 is 1.42 bits per heavy atom. The number of carbonyl (C=O) groups excluding carboxylic acids is 1. The number of hydrogen-bond acceptors (Lipinski definition) is 4. The van der Waals surface area contributed by atoms with Gasteiger partial charge in [0.15, 0.2) is 0 Å². The summed E-state index contributed by atoms with van der Waals surface area (Å²) in [4.78, 5) is 16.2. The molecule has 0 spiro atoms. The van der Waals surface area contributed by atoms with Crippen LogP contribution >= 0.6 is 11.3 Å². The molecule has 0 saturated heterocycles. The minimum atomic E-state index is -0.621. The SMILES string of the molecule is CC(CNC(=O)C(N)c1ccccc1)c1nccs1. The summed E-state index contributed by atoms with van der Waals surface area (Å²) in [5, 5.41) is 5.83. The Balaban J connectivity index is 1.88. The number of aromatic nitrogens is 1. The van der Waals surface area contributed by atoms with E-state index in [0.29, 0.717) is 6.54 Å². The Bertz CT molecular complexity index is 513. The van der Waals surface area contributed by atoms with E-state index in [9.17, 15) is 4.79 Å². The van der Waals surface area contributed by atoms with Gasteiger partial charge in [-0.15, -0.1) is 11.3 Å². The fraction of sp³-hybridized carbons (Fsp3) is 0.286. The molecule has 1 aromatic carbocycles. The summed E-state index contributed by atoms with van der Waals surface area (Å²) >= 11 is 1.59. The number of thiazole rings is 1. The Kier molecular flexibility index (Phi) is 4.65. The molecule has 0 aliphatic heterocycles. The van der Waals surface area contributed by atoms with Crippen LogP contribution in [-0.4, -0.2) is 17.4 Å². The lowest BCUT2D eigenvalue weighted by Gasteiger charge is -2.14. The molecule has 0 fully saturated rings. The van der Waals surface area contributed by atoms with Gasteiger partial charge in [0.25, 0.3) is 0 Å². The Labute approximate surface area is 116 Å². The van der Waals surface area contributed by atoms with E-state index in [-0.39, 0.29) is 11.8 Å². The number of nitrogens with one attached hydrogen (secondary N) is 1. The largest absolute Gasteiger partial charge is 0.354 e. The van der Waals surface area contributed by atoms with Crippen LogP contribution in [-0.2, 0) is 4.79 Å². The van der Waals surface area contributed by atoms with E-state index >= 15 is 0 Å². The number of amides is 1. The van der Waals surface area contributed by atoms with Gasteiger partial charge in [-0.25, -0.2) is 4.98 Å². The first kappa shape index (κ1) is 13.7. The first-order valence-electron chi connectivity index (χ1n) is 6.16. The van der Waals surface area contributed by atoms with Crippen LogP contribution in [0.25, 0.3) is 0 Å². The molecule has 2 atom stereocenters. The molecule has 0 radical (unpaired) electrons. The maximum absolute atomic E-state index is 12.0. The van der Waals surface area contributed by atoms with Crippen molar-refractivity contribution in [1.82, 2.24) is 10.3 Å². The number of nitrogens with zero attached hydrogens (tertiary/aromatic N) is 1. The second-order valence-corrected chi connectivity index (χ2v) is 5.33. The third-order valence-corrected chi connectivity index (χ3v) is 3.90. The predicted molar refractivity (Wildman–Crippen MR) is 76.9 cm³/mol. The minimum Gasteiger partial charge on any atom is -0.354 e. The lowest BCUT2D eigenvalue weighted by Crippen LogP contribution is -2.36. The van der Waals surface area contributed by atoms with Gasteiger partial charge in [-0.2, -0.15) is 0 Å². The van der Waals surface area contributed by atoms with E-state index < -0.39 is 6.04 Å². The van der Waals surface area contributed by atoms with E-state index in [1.54, 1.807) is 17.5 Å². The van der Waals surface area contributed by atoms with Crippen molar-refractivity contribution in [3.63, 3.8) is 0 Å². The molecule has 19 heavy (non-hydrogen) atoms. The van der Waals surface area contributed by atoms with Crippen molar-refractivity contribution in [3.05, 3.63) is 52.5 Å². The van der Waals surface area contributed by atoms with Gasteiger partial charge in [-0.3, -0.25) is 4.79 Å². The maximum Gasteiger partial charge on any atom is 0.241 e. The zero-order valence-corrected chi connectivity index (χ0v) is 11.6. The summed E-state index contributed by atoms with van der Waals surface area (Å²) < 4.78 is 0. The Morgan fingerprint density at radius 2 is 2.16 bits per heavy atom. The fourth-order valence-corrected chi connectivity index (χ4v) is 2.44. The molecule has 0 aliphatic carbocycles. The van der Waals surface area contributed by atoms with Crippen molar-refractivity contribution in [2.45, 2.75) is 18.9 Å². The highest BCUT2D eigenvalue weighted by atomic mass is 32.1. The minimum absolute atomic E-state index is 0.158. The number of nitrogens with two attached hydrogens (primary N) is 1. The molecule has 0 aliphatic rings. The van der Waals surface area contributed by atoms with Gasteiger partial charge in [0.1, 0.15) is 6.04 Å². The highest BCUT2D eigenvalue weighted by Crippen LogP contribution is 2.17. The van der Waals surface area contributed by atoms with Crippen LogP contribution in [0.15, 0.2) is 41.9 Å². The molecule has 2 aromatic rings. The van der Waals surface area contributed by atoms with E-state index in [2.05, 4.69) is 10.3 Å². The second-order valence-electron chi connectivity index (χ2n) is 4.40. The van der Waals surface area contributed by atoms with Crippen LogP contribution in [0.1, 0.15) is 29.5 Å². The zero-order chi connectivity index (χ0) is 13.7. The van der Waals surface area contributed by atoms with Gasteiger partial charge < -0.3 is 11.1 Å². The van der Waals surface area contributed by atoms with Gasteiger partial charge in [0.2, 0.25) is 5.91 Å². The quantitative estimate of drug-likeness (QED) is 0.877. The highest BCUT2D eigenvalue weighted by Gasteiger charge is 2.16. The average molecular weight is 275 g/mol. The van der Waals surface area contributed by atoms with Crippen LogP contribution in [0.5, 0.6) is 0 Å². The average Bonchev–Trinajstić information content (AvgIpc) is 2.98.